The Bertz CT molecular complexity index is 1140. The molecule has 0 unspecified atom stereocenters. The number of nitrogens with one attached hydrogen (secondary N) is 1. The van der Waals surface area contributed by atoms with Crippen molar-refractivity contribution < 1.29 is 22.4 Å². The van der Waals surface area contributed by atoms with Gasteiger partial charge in [-0.25, -0.2) is 9.07 Å². The zero-order chi connectivity index (χ0) is 22.9. The van der Waals surface area contributed by atoms with Crippen LogP contribution in [0.1, 0.15) is 42.6 Å². The summed E-state index contributed by atoms with van der Waals surface area (Å²) in [6.45, 7) is -0.175. The van der Waals surface area contributed by atoms with Crippen molar-refractivity contribution >= 4 is 17.5 Å². The quantitative estimate of drug-likeness (QED) is 0.483. The summed E-state index contributed by atoms with van der Waals surface area (Å²) in [5.74, 6) is -0.775. The van der Waals surface area contributed by atoms with Gasteiger partial charge in [-0.15, -0.1) is 0 Å². The van der Waals surface area contributed by atoms with E-state index in [1.807, 2.05) is 0 Å². The minimum absolute atomic E-state index is 0.153. The number of nitrogens with zero attached hydrogens (tertiary/aromatic N) is 2. The lowest BCUT2D eigenvalue weighted by molar-refractivity contribution is -0.141. The fourth-order valence-corrected chi connectivity index (χ4v) is 4.45. The molecular weight excluding hydrogens is 446 g/mol. The minimum Gasteiger partial charge on any atom is -0.350 e. The Balaban J connectivity index is 1.64. The largest absolute Gasteiger partial charge is 0.435 e. The van der Waals surface area contributed by atoms with Gasteiger partial charge in [0.15, 0.2) is 5.69 Å². The van der Waals surface area contributed by atoms with E-state index in [0.29, 0.717) is 29.1 Å². The van der Waals surface area contributed by atoms with Crippen molar-refractivity contribution in [2.45, 2.75) is 43.8 Å². The zero-order valence-corrected chi connectivity index (χ0v) is 17.7. The number of aromatic nitrogens is 2. The van der Waals surface area contributed by atoms with E-state index in [9.17, 15) is 22.4 Å². The lowest BCUT2D eigenvalue weighted by Gasteiger charge is -2.28. The third-order valence-electron chi connectivity index (χ3n) is 5.83. The van der Waals surface area contributed by atoms with Crippen LogP contribution in [0.4, 0.5) is 17.6 Å². The highest BCUT2D eigenvalue weighted by atomic mass is 35.5. The van der Waals surface area contributed by atoms with Gasteiger partial charge in [-0.3, -0.25) is 4.79 Å². The topological polar surface area (TPSA) is 46.9 Å². The maximum Gasteiger partial charge on any atom is 0.435 e. The molecule has 4 nitrogen and oxygen atoms in total. The summed E-state index contributed by atoms with van der Waals surface area (Å²) in [5, 5.41) is 6.80. The second-order valence-corrected chi connectivity index (χ2v) is 8.33. The Hall–Kier alpha value is -2.87. The van der Waals surface area contributed by atoms with Crippen LogP contribution in [0.25, 0.3) is 5.69 Å². The van der Waals surface area contributed by atoms with Crippen molar-refractivity contribution in [3.05, 3.63) is 82.4 Å². The molecule has 1 aromatic heterocycles. The summed E-state index contributed by atoms with van der Waals surface area (Å²) in [6, 6.07) is 13.1. The first-order valence-corrected chi connectivity index (χ1v) is 10.5. The van der Waals surface area contributed by atoms with Gasteiger partial charge in [-0.2, -0.15) is 18.3 Å². The normalized spacial score (nSPS) is 15.7. The second-order valence-electron chi connectivity index (χ2n) is 7.89. The molecule has 0 radical (unpaired) electrons. The molecule has 2 aromatic carbocycles. The van der Waals surface area contributed by atoms with Crippen molar-refractivity contribution in [3.8, 4) is 5.69 Å². The maximum atomic E-state index is 13.8. The van der Waals surface area contributed by atoms with Crippen LogP contribution in [-0.2, 0) is 22.9 Å². The molecule has 0 bridgehead atoms. The monoisotopic (exact) mass is 465 g/mol. The second kappa shape index (κ2) is 8.58. The molecule has 1 aliphatic carbocycles. The molecule has 1 aliphatic rings. The highest BCUT2D eigenvalue weighted by molar-refractivity contribution is 6.30. The summed E-state index contributed by atoms with van der Waals surface area (Å²) < 4.78 is 54.9. The molecule has 1 amide bonds. The van der Waals surface area contributed by atoms with Crippen molar-refractivity contribution in [2.75, 3.05) is 0 Å². The van der Waals surface area contributed by atoms with Gasteiger partial charge in [0.1, 0.15) is 5.82 Å². The van der Waals surface area contributed by atoms with E-state index in [2.05, 4.69) is 10.4 Å². The van der Waals surface area contributed by atoms with Crippen LogP contribution in [0.5, 0.6) is 0 Å². The molecule has 0 atom stereocenters. The van der Waals surface area contributed by atoms with E-state index in [1.165, 1.54) is 18.2 Å². The Labute approximate surface area is 187 Å². The van der Waals surface area contributed by atoms with Crippen LogP contribution in [0.3, 0.4) is 0 Å². The lowest BCUT2D eigenvalue weighted by Crippen LogP contribution is -2.42. The smallest absolute Gasteiger partial charge is 0.350 e. The first-order valence-electron chi connectivity index (χ1n) is 10.2. The molecule has 168 valence electrons. The van der Waals surface area contributed by atoms with Gasteiger partial charge in [-0.1, -0.05) is 42.6 Å². The predicted octanol–water partition coefficient (Wildman–Crippen LogP) is 5.81. The molecule has 0 aliphatic heterocycles. The van der Waals surface area contributed by atoms with Crippen molar-refractivity contribution in [3.63, 3.8) is 0 Å². The van der Waals surface area contributed by atoms with Crippen LogP contribution < -0.4 is 5.32 Å². The standard InChI is InChI=1S/C23H20ClF4N3O/c24-16-6-4-8-18(12-16)31-19(13-20(30-31)23(26,27)28)14-29-21(32)22(9-1-2-10-22)15-5-3-7-17(25)11-15/h3-8,11-13H,1-2,9-10,14H2,(H,29,32). The van der Waals surface area contributed by atoms with Crippen LogP contribution in [0, 0.1) is 5.82 Å². The summed E-state index contributed by atoms with van der Waals surface area (Å²) >= 11 is 5.99. The Morgan fingerprint density at radius 2 is 1.81 bits per heavy atom. The SMILES string of the molecule is O=C(NCc1cc(C(F)(F)F)nn1-c1cccc(Cl)c1)C1(c2cccc(F)c2)CCCC1. The molecule has 9 heteroatoms. The van der Waals surface area contributed by atoms with Gasteiger partial charge in [0.25, 0.3) is 0 Å². The fourth-order valence-electron chi connectivity index (χ4n) is 4.27. The maximum absolute atomic E-state index is 13.8. The number of benzene rings is 2. The van der Waals surface area contributed by atoms with Crippen molar-refractivity contribution in [1.82, 2.24) is 15.1 Å². The highest BCUT2D eigenvalue weighted by Gasteiger charge is 2.43. The number of hydrogen-bond donors (Lipinski definition) is 1. The third kappa shape index (κ3) is 4.37. The Morgan fingerprint density at radius 3 is 2.47 bits per heavy atom. The van der Waals surface area contributed by atoms with Gasteiger partial charge in [0.05, 0.1) is 23.3 Å². The summed E-state index contributed by atoms with van der Waals surface area (Å²) in [5.41, 5.74) is -0.900. The summed E-state index contributed by atoms with van der Waals surface area (Å²) in [6.07, 6.45) is -1.94. The van der Waals surface area contributed by atoms with Crippen LogP contribution in [0.2, 0.25) is 5.02 Å². The number of amides is 1. The molecule has 1 N–H and O–H groups in total. The average Bonchev–Trinajstić information content (AvgIpc) is 3.40. The van der Waals surface area contributed by atoms with Crippen LogP contribution in [0.15, 0.2) is 54.6 Å². The predicted molar refractivity (Wildman–Crippen MR) is 112 cm³/mol. The van der Waals surface area contributed by atoms with E-state index in [4.69, 9.17) is 11.6 Å². The summed E-state index contributed by atoms with van der Waals surface area (Å²) in [4.78, 5) is 13.3. The zero-order valence-electron chi connectivity index (χ0n) is 16.9. The van der Waals surface area contributed by atoms with Crippen LogP contribution >= 0.6 is 11.6 Å². The Morgan fingerprint density at radius 1 is 1.09 bits per heavy atom. The molecule has 4 rings (SSSR count). The van der Waals surface area contributed by atoms with Gasteiger partial charge >= 0.3 is 6.18 Å². The van der Waals surface area contributed by atoms with Gasteiger partial charge in [0, 0.05) is 5.02 Å². The number of rotatable bonds is 5. The van der Waals surface area contributed by atoms with Gasteiger partial charge < -0.3 is 5.32 Å². The van der Waals surface area contributed by atoms with E-state index >= 15 is 0 Å². The average molecular weight is 466 g/mol. The first kappa shape index (κ1) is 22.3. The number of hydrogen-bond acceptors (Lipinski definition) is 2. The summed E-state index contributed by atoms with van der Waals surface area (Å²) in [7, 11) is 0. The third-order valence-corrected chi connectivity index (χ3v) is 6.06. The molecule has 0 saturated heterocycles. The number of carbonyl (C=O) groups is 1. The van der Waals surface area contributed by atoms with Crippen molar-refractivity contribution in [2.24, 2.45) is 0 Å². The molecule has 3 aromatic rings. The van der Waals surface area contributed by atoms with Gasteiger partial charge in [-0.05, 0) is 54.8 Å². The molecular formula is C23H20ClF4N3O. The lowest BCUT2D eigenvalue weighted by atomic mass is 9.78. The number of halogens is 5. The molecule has 0 spiro atoms. The van der Waals surface area contributed by atoms with Gasteiger partial charge in [0.2, 0.25) is 5.91 Å². The van der Waals surface area contributed by atoms with E-state index in [0.717, 1.165) is 23.6 Å². The highest BCUT2D eigenvalue weighted by Crippen LogP contribution is 2.41. The van der Waals surface area contributed by atoms with E-state index < -0.39 is 23.1 Å². The molecule has 32 heavy (non-hydrogen) atoms. The van der Waals surface area contributed by atoms with E-state index in [1.54, 1.807) is 30.3 Å². The number of carbonyl (C=O) groups excluding carboxylic acids is 1. The minimum atomic E-state index is -4.64. The molecule has 1 saturated carbocycles. The fraction of sp³-hybridized carbons (Fsp3) is 0.304. The first-order chi connectivity index (χ1) is 15.2. The molecule has 1 heterocycles. The van der Waals surface area contributed by atoms with Crippen LogP contribution in [-0.4, -0.2) is 15.7 Å². The number of alkyl halides is 3. The van der Waals surface area contributed by atoms with E-state index in [-0.39, 0.29) is 18.1 Å². The Kier molecular flexibility index (Phi) is 5.99. The van der Waals surface area contributed by atoms with Crippen molar-refractivity contribution in [1.29, 1.82) is 0 Å². The molecule has 1 fully saturated rings.